The predicted molar refractivity (Wildman–Crippen MR) is 103 cm³/mol. The van der Waals surface area contributed by atoms with Crippen LogP contribution < -0.4 is 0 Å². The lowest BCUT2D eigenvalue weighted by molar-refractivity contribution is -0.140. The van der Waals surface area contributed by atoms with Gasteiger partial charge in [-0.3, -0.25) is 9.59 Å². The number of carbonyl (C=O) groups is 3. The zero-order valence-electron chi connectivity index (χ0n) is 15.5. The molecule has 148 valence electrons. The van der Waals surface area contributed by atoms with E-state index in [-0.39, 0.29) is 28.6 Å². The zero-order valence-corrected chi connectivity index (χ0v) is 17.1. The molecule has 0 unspecified atom stereocenters. The number of likely N-dealkylation sites (N-methyl/N-ethyl adjacent to an activating group) is 1. The van der Waals surface area contributed by atoms with Crippen molar-refractivity contribution in [3.63, 3.8) is 0 Å². The summed E-state index contributed by atoms with van der Waals surface area (Å²) in [6.45, 7) is 2.93. The van der Waals surface area contributed by atoms with Crippen molar-refractivity contribution in [2.24, 2.45) is 0 Å². The summed E-state index contributed by atoms with van der Waals surface area (Å²) in [5.41, 5.74) is 0.287. The molecule has 27 heavy (non-hydrogen) atoms. The Morgan fingerprint density at radius 3 is 2.56 bits per heavy atom. The molecule has 7 nitrogen and oxygen atoms in total. The van der Waals surface area contributed by atoms with Crippen molar-refractivity contribution in [3.8, 4) is 0 Å². The number of hydrogen-bond acceptors (Lipinski definition) is 7. The number of benzene rings is 1. The van der Waals surface area contributed by atoms with Crippen LogP contribution in [0.2, 0.25) is 0 Å². The van der Waals surface area contributed by atoms with Crippen molar-refractivity contribution in [1.29, 1.82) is 0 Å². The van der Waals surface area contributed by atoms with Crippen LogP contribution in [0.1, 0.15) is 30.6 Å². The van der Waals surface area contributed by atoms with Crippen LogP contribution in [-0.2, 0) is 24.2 Å². The first-order valence-corrected chi connectivity index (χ1v) is 11.3. The maximum absolute atomic E-state index is 12.5. The Balaban J connectivity index is 2.03. The minimum atomic E-state index is -3.12. The summed E-state index contributed by atoms with van der Waals surface area (Å²) in [5, 5.41) is 0. The summed E-state index contributed by atoms with van der Waals surface area (Å²) in [6, 6.07) is 6.32. The molecule has 1 aromatic carbocycles. The molecule has 1 fully saturated rings. The smallest absolute Gasteiger partial charge is 0.340 e. The second kappa shape index (κ2) is 8.88. The molecule has 1 heterocycles. The van der Waals surface area contributed by atoms with E-state index in [4.69, 9.17) is 4.74 Å². The van der Waals surface area contributed by atoms with E-state index in [2.05, 4.69) is 0 Å². The van der Waals surface area contributed by atoms with Gasteiger partial charge in [-0.15, -0.1) is 11.8 Å². The van der Waals surface area contributed by atoms with E-state index in [9.17, 15) is 22.8 Å². The molecule has 0 N–H and O–H groups in total. The van der Waals surface area contributed by atoms with Crippen LogP contribution in [0.25, 0.3) is 0 Å². The Morgan fingerprint density at radius 2 is 1.96 bits per heavy atom. The number of amides is 1. The van der Waals surface area contributed by atoms with Gasteiger partial charge in [0, 0.05) is 18.0 Å². The lowest BCUT2D eigenvalue weighted by atomic mass is 10.2. The summed E-state index contributed by atoms with van der Waals surface area (Å²) < 4.78 is 28.5. The maximum Gasteiger partial charge on any atom is 0.340 e. The van der Waals surface area contributed by atoms with E-state index in [1.165, 1.54) is 37.6 Å². The minimum Gasteiger partial charge on any atom is -0.449 e. The lowest BCUT2D eigenvalue weighted by Crippen LogP contribution is -2.44. The van der Waals surface area contributed by atoms with Crippen molar-refractivity contribution in [2.75, 3.05) is 24.3 Å². The molecule has 0 spiro atoms. The highest BCUT2D eigenvalue weighted by Gasteiger charge is 2.35. The average molecular weight is 414 g/mol. The largest absolute Gasteiger partial charge is 0.449 e. The van der Waals surface area contributed by atoms with Crippen molar-refractivity contribution < 1.29 is 27.5 Å². The SMILES string of the molecule is CC(=O)CSc1ccccc1C(=O)O[C@@H](C)C(=O)N(C)[C@@H]1CCS(=O)(=O)C1. The van der Waals surface area contributed by atoms with Crippen LogP contribution in [0.15, 0.2) is 29.2 Å². The highest BCUT2D eigenvalue weighted by Crippen LogP contribution is 2.24. The number of hydrogen-bond donors (Lipinski definition) is 0. The molecule has 0 aliphatic carbocycles. The van der Waals surface area contributed by atoms with E-state index >= 15 is 0 Å². The number of Topliss-reactive ketones (excluding diaryl/α,β-unsaturated/α-hetero) is 1. The summed E-state index contributed by atoms with van der Waals surface area (Å²) >= 11 is 1.23. The predicted octanol–water partition coefficient (Wildman–Crippen LogP) is 1.56. The fourth-order valence-corrected chi connectivity index (χ4v) is 5.38. The Labute approximate surface area is 163 Å². The minimum absolute atomic E-state index is 0.0140. The molecule has 0 aromatic heterocycles. The van der Waals surface area contributed by atoms with Crippen LogP contribution in [0.4, 0.5) is 0 Å². The average Bonchev–Trinajstić information content (AvgIpc) is 2.98. The van der Waals surface area contributed by atoms with Gasteiger partial charge in [-0.1, -0.05) is 12.1 Å². The molecule has 2 atom stereocenters. The van der Waals surface area contributed by atoms with Crippen molar-refractivity contribution >= 4 is 39.3 Å². The third kappa shape index (κ3) is 5.80. The fraction of sp³-hybridized carbons (Fsp3) is 0.500. The molecule has 1 aliphatic heterocycles. The van der Waals surface area contributed by atoms with Crippen LogP contribution in [0.3, 0.4) is 0 Å². The molecule has 9 heteroatoms. The normalized spacial score (nSPS) is 19.3. The molecule has 1 aromatic rings. The number of ether oxygens (including phenoxy) is 1. The number of sulfone groups is 1. The topological polar surface area (TPSA) is 97.8 Å². The first-order chi connectivity index (χ1) is 12.6. The molecule has 1 amide bonds. The molecular formula is C18H23NO6S2. The molecule has 0 saturated carbocycles. The van der Waals surface area contributed by atoms with Crippen molar-refractivity contribution in [3.05, 3.63) is 29.8 Å². The molecular weight excluding hydrogens is 390 g/mol. The van der Waals surface area contributed by atoms with Gasteiger partial charge in [0.25, 0.3) is 5.91 Å². The van der Waals surface area contributed by atoms with Gasteiger partial charge in [0.05, 0.1) is 22.8 Å². The second-order valence-corrected chi connectivity index (χ2v) is 9.79. The molecule has 0 bridgehead atoms. The van der Waals surface area contributed by atoms with Crippen LogP contribution in [0, 0.1) is 0 Å². The van der Waals surface area contributed by atoms with E-state index in [0.29, 0.717) is 11.3 Å². The van der Waals surface area contributed by atoms with E-state index in [1.807, 2.05) is 0 Å². The van der Waals surface area contributed by atoms with Crippen molar-refractivity contribution in [2.45, 2.75) is 37.3 Å². The Hall–Kier alpha value is -1.87. The van der Waals surface area contributed by atoms with E-state index in [1.54, 1.807) is 24.3 Å². The third-order valence-corrected chi connectivity index (χ3v) is 7.24. The number of nitrogens with zero attached hydrogens (tertiary/aromatic N) is 1. The molecule has 2 rings (SSSR count). The van der Waals surface area contributed by atoms with Gasteiger partial charge < -0.3 is 9.64 Å². The molecule has 1 aliphatic rings. The first kappa shape index (κ1) is 21.4. The van der Waals surface area contributed by atoms with Crippen LogP contribution >= 0.6 is 11.8 Å². The van der Waals surface area contributed by atoms with Crippen molar-refractivity contribution in [1.82, 2.24) is 4.90 Å². The summed E-state index contributed by atoms with van der Waals surface area (Å²) in [4.78, 5) is 38.1. The Morgan fingerprint density at radius 1 is 1.30 bits per heavy atom. The van der Waals surface area contributed by atoms with Gasteiger partial charge in [-0.05, 0) is 32.4 Å². The lowest BCUT2D eigenvalue weighted by Gasteiger charge is -2.26. The number of esters is 1. The second-order valence-electron chi connectivity index (χ2n) is 6.54. The number of ketones is 1. The highest BCUT2D eigenvalue weighted by molar-refractivity contribution is 8.00. The fourth-order valence-electron chi connectivity index (χ4n) is 2.76. The number of rotatable bonds is 7. The summed E-state index contributed by atoms with van der Waals surface area (Å²) in [5.74, 6) is -0.892. The highest BCUT2D eigenvalue weighted by atomic mass is 32.2. The van der Waals surface area contributed by atoms with Gasteiger partial charge in [-0.25, -0.2) is 13.2 Å². The summed E-state index contributed by atoms with van der Waals surface area (Å²) in [7, 11) is -1.59. The Bertz CT molecular complexity index is 836. The number of thioether (sulfide) groups is 1. The number of carbonyl (C=O) groups excluding carboxylic acids is 3. The first-order valence-electron chi connectivity index (χ1n) is 8.50. The van der Waals surface area contributed by atoms with Gasteiger partial charge in [-0.2, -0.15) is 0 Å². The Kier molecular flexibility index (Phi) is 7.05. The standard InChI is InChI=1S/C18H23NO6S2/c1-12(20)10-26-16-7-5-4-6-15(16)18(22)25-13(2)17(21)19(3)14-8-9-27(23,24)11-14/h4-7,13-14H,8-11H2,1-3H3/t13-,14+/m0/s1. The van der Waals surface area contributed by atoms with Gasteiger partial charge in [0.2, 0.25) is 0 Å². The van der Waals surface area contributed by atoms with Gasteiger partial charge in [0.15, 0.2) is 15.9 Å². The third-order valence-electron chi connectivity index (χ3n) is 4.27. The maximum atomic E-state index is 12.5. The van der Waals surface area contributed by atoms with Gasteiger partial charge >= 0.3 is 5.97 Å². The van der Waals surface area contributed by atoms with Crippen LogP contribution in [0.5, 0.6) is 0 Å². The molecule has 0 radical (unpaired) electrons. The molecule has 1 saturated heterocycles. The quantitative estimate of drug-likeness (QED) is 0.494. The van der Waals surface area contributed by atoms with Crippen LogP contribution in [-0.4, -0.2) is 67.4 Å². The summed E-state index contributed by atoms with van der Waals surface area (Å²) in [6.07, 6.45) is -0.660. The zero-order chi connectivity index (χ0) is 20.2. The van der Waals surface area contributed by atoms with Gasteiger partial charge in [0.1, 0.15) is 5.78 Å². The monoisotopic (exact) mass is 413 g/mol. The van der Waals surface area contributed by atoms with E-state index < -0.39 is 33.9 Å². The van der Waals surface area contributed by atoms with E-state index in [0.717, 1.165) is 0 Å².